The predicted molar refractivity (Wildman–Crippen MR) is 120 cm³/mol. The Morgan fingerprint density at radius 2 is 1.83 bits per heavy atom. The van der Waals surface area contributed by atoms with E-state index in [0.29, 0.717) is 12.5 Å². The highest BCUT2D eigenvalue weighted by molar-refractivity contribution is 5.82. The molecule has 156 valence electrons. The molecule has 0 saturated carbocycles. The fourth-order valence-electron chi connectivity index (χ4n) is 3.71. The molecule has 0 bridgehead atoms. The molecule has 29 heavy (non-hydrogen) atoms. The molecule has 0 aliphatic carbocycles. The van der Waals surface area contributed by atoms with Crippen LogP contribution in [0.25, 0.3) is 22.4 Å². The Morgan fingerprint density at radius 3 is 2.41 bits per heavy atom. The highest BCUT2D eigenvalue weighted by Gasteiger charge is 2.20. The third-order valence-electron chi connectivity index (χ3n) is 5.39. The van der Waals surface area contributed by atoms with Crippen LogP contribution in [0.1, 0.15) is 56.1 Å². The first kappa shape index (κ1) is 21.2. The monoisotopic (exact) mass is 395 g/mol. The second kappa shape index (κ2) is 8.49. The Morgan fingerprint density at radius 1 is 1.10 bits per heavy atom. The molecule has 6 heteroatoms. The number of hydrogen-bond acceptors (Lipinski definition) is 5. The summed E-state index contributed by atoms with van der Waals surface area (Å²) in [5.74, 6) is 1.30. The highest BCUT2D eigenvalue weighted by atomic mass is 16.5. The minimum absolute atomic E-state index is 0.250. The van der Waals surface area contributed by atoms with E-state index in [0.717, 1.165) is 51.6 Å². The lowest BCUT2D eigenvalue weighted by atomic mass is 10.1. The molecular formula is C23H33N5O. The summed E-state index contributed by atoms with van der Waals surface area (Å²) in [6, 6.07) is 4.48. The van der Waals surface area contributed by atoms with Gasteiger partial charge in [0.1, 0.15) is 11.3 Å². The van der Waals surface area contributed by atoms with Crippen LogP contribution < -0.4 is 4.90 Å². The minimum atomic E-state index is 0.250. The molecule has 0 aromatic carbocycles. The summed E-state index contributed by atoms with van der Waals surface area (Å²) in [7, 11) is 5.79. The molecule has 0 unspecified atom stereocenters. The van der Waals surface area contributed by atoms with Crippen molar-refractivity contribution in [3.8, 4) is 11.3 Å². The van der Waals surface area contributed by atoms with Crippen molar-refractivity contribution in [2.45, 2.75) is 53.0 Å². The quantitative estimate of drug-likeness (QED) is 0.570. The summed E-state index contributed by atoms with van der Waals surface area (Å²) in [4.78, 5) is 17.0. The van der Waals surface area contributed by atoms with E-state index in [4.69, 9.17) is 19.7 Å². The van der Waals surface area contributed by atoms with Gasteiger partial charge in [0, 0.05) is 38.7 Å². The third-order valence-corrected chi connectivity index (χ3v) is 5.39. The fourth-order valence-corrected chi connectivity index (χ4v) is 3.71. The van der Waals surface area contributed by atoms with Gasteiger partial charge in [-0.3, -0.25) is 0 Å². The van der Waals surface area contributed by atoms with Crippen LogP contribution in [0.3, 0.4) is 0 Å². The maximum absolute atomic E-state index is 5.42. The number of ether oxygens (including phenoxy) is 1. The lowest BCUT2D eigenvalue weighted by Crippen LogP contribution is -2.15. The number of aryl methyl sites for hydroxylation is 2. The molecule has 6 nitrogen and oxygen atoms in total. The molecule has 0 amide bonds. The van der Waals surface area contributed by atoms with E-state index in [1.165, 1.54) is 0 Å². The third kappa shape index (κ3) is 3.99. The van der Waals surface area contributed by atoms with Crippen molar-refractivity contribution in [2.75, 3.05) is 32.7 Å². The highest BCUT2D eigenvalue weighted by Crippen LogP contribution is 2.33. The van der Waals surface area contributed by atoms with E-state index in [-0.39, 0.29) is 6.04 Å². The Kier molecular flexibility index (Phi) is 6.22. The van der Waals surface area contributed by atoms with Crippen LogP contribution in [0, 0.1) is 13.8 Å². The van der Waals surface area contributed by atoms with Gasteiger partial charge in [0.2, 0.25) is 0 Å². The molecule has 0 aliphatic rings. The lowest BCUT2D eigenvalue weighted by Gasteiger charge is -2.20. The molecule has 0 spiro atoms. The molecular weight excluding hydrogens is 362 g/mol. The normalized spacial score (nSPS) is 12.7. The largest absolute Gasteiger partial charge is 0.383 e. The first-order valence-corrected chi connectivity index (χ1v) is 10.3. The molecule has 3 aromatic rings. The van der Waals surface area contributed by atoms with E-state index in [2.05, 4.69) is 55.5 Å². The summed E-state index contributed by atoms with van der Waals surface area (Å²) in [6.45, 7) is 11.3. The number of fused-ring (bicyclic) bond motifs is 1. The zero-order chi connectivity index (χ0) is 21.3. The minimum Gasteiger partial charge on any atom is -0.383 e. The number of pyridine rings is 1. The van der Waals surface area contributed by atoms with Crippen molar-refractivity contribution in [3.63, 3.8) is 0 Å². The zero-order valence-electron chi connectivity index (χ0n) is 18.9. The Balaban J connectivity index is 2.20. The van der Waals surface area contributed by atoms with Crippen LogP contribution in [0.5, 0.6) is 0 Å². The Bertz CT molecular complexity index is 1010. The number of nitrogens with zero attached hydrogens (tertiary/aromatic N) is 5. The molecule has 0 radical (unpaired) electrons. The molecule has 3 heterocycles. The number of aromatic nitrogens is 4. The molecule has 0 saturated heterocycles. The second-order valence-electron chi connectivity index (χ2n) is 8.22. The van der Waals surface area contributed by atoms with Crippen molar-refractivity contribution in [2.24, 2.45) is 0 Å². The van der Waals surface area contributed by atoms with Crippen LogP contribution in [0.2, 0.25) is 0 Å². The fraction of sp³-hybridized carbons (Fsp3) is 0.522. The van der Waals surface area contributed by atoms with Crippen molar-refractivity contribution < 1.29 is 4.74 Å². The Hall–Kier alpha value is -2.47. The Labute approximate surface area is 174 Å². The predicted octanol–water partition coefficient (Wildman–Crippen LogP) is 4.90. The summed E-state index contributed by atoms with van der Waals surface area (Å²) >= 11 is 0. The molecule has 0 fully saturated rings. The maximum atomic E-state index is 5.42. The van der Waals surface area contributed by atoms with Gasteiger partial charge in [0.25, 0.3) is 0 Å². The second-order valence-corrected chi connectivity index (χ2v) is 8.22. The van der Waals surface area contributed by atoms with Gasteiger partial charge in [0.05, 0.1) is 24.0 Å². The molecule has 3 rings (SSSR count). The molecule has 0 aliphatic heterocycles. The van der Waals surface area contributed by atoms with Crippen molar-refractivity contribution in [1.82, 2.24) is 19.5 Å². The number of rotatable bonds is 7. The summed E-state index contributed by atoms with van der Waals surface area (Å²) in [6.07, 6.45) is 3.12. The number of hydrogen-bond donors (Lipinski definition) is 0. The summed E-state index contributed by atoms with van der Waals surface area (Å²) in [5, 5.41) is 0. The topological polar surface area (TPSA) is 56.1 Å². The van der Waals surface area contributed by atoms with Gasteiger partial charge in [-0.25, -0.2) is 15.0 Å². The average Bonchev–Trinajstić information content (AvgIpc) is 3.00. The van der Waals surface area contributed by atoms with E-state index < -0.39 is 0 Å². The van der Waals surface area contributed by atoms with E-state index in [1.807, 2.05) is 21.0 Å². The summed E-state index contributed by atoms with van der Waals surface area (Å²) in [5.41, 5.74) is 6.89. The van der Waals surface area contributed by atoms with E-state index in [9.17, 15) is 0 Å². The van der Waals surface area contributed by atoms with Gasteiger partial charge in [-0.2, -0.15) is 0 Å². The summed E-state index contributed by atoms with van der Waals surface area (Å²) < 4.78 is 7.63. The van der Waals surface area contributed by atoms with Crippen LogP contribution >= 0.6 is 0 Å². The number of anilines is 1. The lowest BCUT2D eigenvalue weighted by molar-refractivity contribution is 0.154. The zero-order valence-corrected chi connectivity index (χ0v) is 18.9. The van der Waals surface area contributed by atoms with Crippen molar-refractivity contribution in [3.05, 3.63) is 35.3 Å². The van der Waals surface area contributed by atoms with Gasteiger partial charge in [-0.05, 0) is 43.9 Å². The number of methoxy groups -OCH3 is 1. The first-order valence-electron chi connectivity index (χ1n) is 10.3. The molecule has 0 N–H and O–H groups in total. The maximum Gasteiger partial charge on any atom is 0.159 e. The van der Waals surface area contributed by atoms with Gasteiger partial charge in [-0.15, -0.1) is 0 Å². The van der Waals surface area contributed by atoms with Gasteiger partial charge < -0.3 is 14.2 Å². The van der Waals surface area contributed by atoms with Gasteiger partial charge in [0.15, 0.2) is 5.65 Å². The SMILES string of the molecule is CC[C@H](COC)n1cc(C)c2nc(-c3ccc(C(C)C)nc3N(C)C)c(C)nc21. The van der Waals surface area contributed by atoms with Crippen LogP contribution in [-0.2, 0) is 4.74 Å². The van der Waals surface area contributed by atoms with E-state index in [1.54, 1.807) is 7.11 Å². The van der Waals surface area contributed by atoms with Gasteiger partial charge >= 0.3 is 0 Å². The van der Waals surface area contributed by atoms with E-state index >= 15 is 0 Å². The van der Waals surface area contributed by atoms with Gasteiger partial charge in [-0.1, -0.05) is 20.8 Å². The van der Waals surface area contributed by atoms with Crippen LogP contribution in [0.4, 0.5) is 5.82 Å². The smallest absolute Gasteiger partial charge is 0.159 e. The van der Waals surface area contributed by atoms with Crippen LogP contribution in [-0.4, -0.2) is 47.3 Å². The standard InChI is InChI=1S/C23H33N5O/c1-9-17(13-29-8)28-12-15(4)20-23(28)24-16(5)21(26-20)18-10-11-19(14(2)3)25-22(18)27(6)7/h10-12,14,17H,9,13H2,1-8H3/t17-/m1/s1. The first-order chi connectivity index (χ1) is 13.8. The van der Waals surface area contributed by atoms with Crippen LogP contribution in [0.15, 0.2) is 18.3 Å². The van der Waals surface area contributed by atoms with Crippen molar-refractivity contribution in [1.29, 1.82) is 0 Å². The van der Waals surface area contributed by atoms with Crippen molar-refractivity contribution >= 4 is 17.0 Å². The molecule has 1 atom stereocenters. The average molecular weight is 396 g/mol. The molecule has 3 aromatic heterocycles.